The average Bonchev–Trinajstić information content (AvgIpc) is 2.59. The maximum absolute atomic E-state index is 13.8. The second-order valence-electron chi connectivity index (χ2n) is 5.71. The summed E-state index contributed by atoms with van der Waals surface area (Å²) in [7, 11) is 1.58. The molecule has 6 heteroatoms. The molecule has 2 aromatic rings. The van der Waals surface area contributed by atoms with Gasteiger partial charge >= 0.3 is 0 Å². The molecule has 0 bridgehead atoms. The number of benzene rings is 2. The molecule has 0 atom stereocenters. The third kappa shape index (κ3) is 5.87. The number of hydrogen-bond acceptors (Lipinski definition) is 2. The minimum atomic E-state index is -0.441. The summed E-state index contributed by atoms with van der Waals surface area (Å²) in [5, 5.41) is 3.00. The molecule has 0 aliphatic heterocycles. The van der Waals surface area contributed by atoms with Gasteiger partial charge in [0.25, 0.3) is 0 Å². The van der Waals surface area contributed by atoms with Crippen LogP contribution in [0.1, 0.15) is 17.5 Å². The fraction of sp³-hybridized carbons (Fsp3) is 0.263. The lowest BCUT2D eigenvalue weighted by molar-refractivity contribution is -0.130. The highest BCUT2D eigenvalue weighted by Gasteiger charge is 2.14. The van der Waals surface area contributed by atoms with Crippen molar-refractivity contribution in [2.75, 3.05) is 13.6 Å². The predicted octanol–water partition coefficient (Wildman–Crippen LogP) is 3.19. The maximum atomic E-state index is 13.8. The van der Waals surface area contributed by atoms with Gasteiger partial charge in [-0.1, -0.05) is 48.0 Å². The topological polar surface area (TPSA) is 49.4 Å². The highest BCUT2D eigenvalue weighted by molar-refractivity contribution is 6.31. The zero-order valence-corrected chi connectivity index (χ0v) is 14.7. The van der Waals surface area contributed by atoms with Crippen molar-refractivity contribution in [3.8, 4) is 0 Å². The Hall–Kier alpha value is -2.40. The first-order chi connectivity index (χ1) is 12.0. The fourth-order valence-electron chi connectivity index (χ4n) is 2.35. The van der Waals surface area contributed by atoms with E-state index in [9.17, 15) is 14.0 Å². The largest absolute Gasteiger partial charge is 0.355 e. The number of nitrogens with one attached hydrogen (secondary N) is 1. The molecule has 0 heterocycles. The van der Waals surface area contributed by atoms with Gasteiger partial charge in [0.2, 0.25) is 11.8 Å². The van der Waals surface area contributed by atoms with E-state index < -0.39 is 5.82 Å². The van der Waals surface area contributed by atoms with Crippen LogP contribution in [0.4, 0.5) is 4.39 Å². The Balaban J connectivity index is 1.77. The van der Waals surface area contributed by atoms with Crippen molar-refractivity contribution in [2.45, 2.75) is 19.4 Å². The maximum Gasteiger partial charge on any atom is 0.224 e. The van der Waals surface area contributed by atoms with E-state index in [2.05, 4.69) is 5.32 Å². The van der Waals surface area contributed by atoms with Gasteiger partial charge in [-0.25, -0.2) is 4.39 Å². The molecule has 0 spiro atoms. The lowest BCUT2D eigenvalue weighted by atomic mass is 10.1. The molecule has 0 saturated carbocycles. The van der Waals surface area contributed by atoms with Crippen molar-refractivity contribution in [1.82, 2.24) is 10.2 Å². The van der Waals surface area contributed by atoms with Crippen LogP contribution in [0.5, 0.6) is 0 Å². The third-order valence-corrected chi connectivity index (χ3v) is 4.11. The summed E-state index contributed by atoms with van der Waals surface area (Å²) in [4.78, 5) is 25.4. The monoisotopic (exact) mass is 362 g/mol. The first-order valence-electron chi connectivity index (χ1n) is 7.95. The number of nitrogens with zero attached hydrogens (tertiary/aromatic N) is 1. The van der Waals surface area contributed by atoms with Gasteiger partial charge in [-0.3, -0.25) is 9.59 Å². The first-order valence-corrected chi connectivity index (χ1v) is 8.32. The van der Waals surface area contributed by atoms with Gasteiger partial charge in [0.15, 0.2) is 0 Å². The van der Waals surface area contributed by atoms with Crippen LogP contribution >= 0.6 is 11.6 Å². The zero-order valence-electron chi connectivity index (χ0n) is 14.0. The quantitative estimate of drug-likeness (QED) is 0.822. The Bertz CT molecular complexity index is 717. The second-order valence-corrected chi connectivity index (χ2v) is 6.12. The summed E-state index contributed by atoms with van der Waals surface area (Å²) in [5.74, 6) is -0.776. The van der Waals surface area contributed by atoms with Crippen molar-refractivity contribution in [3.63, 3.8) is 0 Å². The van der Waals surface area contributed by atoms with Gasteiger partial charge in [0, 0.05) is 37.1 Å². The van der Waals surface area contributed by atoms with Crippen molar-refractivity contribution in [2.24, 2.45) is 0 Å². The molecule has 0 unspecified atom stereocenters. The Morgan fingerprint density at radius 2 is 1.84 bits per heavy atom. The van der Waals surface area contributed by atoms with Crippen LogP contribution in [0.3, 0.4) is 0 Å². The summed E-state index contributed by atoms with van der Waals surface area (Å²) in [6.07, 6.45) is 0.415. The molecule has 0 aliphatic carbocycles. The van der Waals surface area contributed by atoms with Crippen molar-refractivity contribution >= 4 is 23.4 Å². The molecule has 2 aromatic carbocycles. The van der Waals surface area contributed by atoms with E-state index in [0.29, 0.717) is 0 Å². The van der Waals surface area contributed by atoms with E-state index >= 15 is 0 Å². The lowest BCUT2D eigenvalue weighted by Crippen LogP contribution is -2.32. The highest BCUT2D eigenvalue weighted by Crippen LogP contribution is 2.20. The fourth-order valence-corrected chi connectivity index (χ4v) is 2.57. The molecule has 0 radical (unpaired) electrons. The number of halogens is 2. The minimum absolute atomic E-state index is 0.0856. The Labute approximate surface area is 151 Å². The molecule has 132 valence electrons. The summed E-state index contributed by atoms with van der Waals surface area (Å²) in [5.41, 5.74) is 1.20. The first kappa shape index (κ1) is 18.9. The van der Waals surface area contributed by atoms with Crippen LogP contribution < -0.4 is 5.32 Å². The SMILES string of the molecule is CN(Cc1c(F)cccc1Cl)C(=O)CCNC(=O)Cc1ccccc1. The van der Waals surface area contributed by atoms with Gasteiger partial charge in [-0.05, 0) is 17.7 Å². The molecule has 2 amide bonds. The summed E-state index contributed by atoms with van der Waals surface area (Å²) in [6, 6.07) is 13.8. The van der Waals surface area contributed by atoms with Crippen LogP contribution in [-0.2, 0) is 22.6 Å². The normalized spacial score (nSPS) is 10.4. The summed E-state index contributed by atoms with van der Waals surface area (Å²) >= 11 is 5.97. The van der Waals surface area contributed by atoms with Gasteiger partial charge < -0.3 is 10.2 Å². The number of amides is 2. The Morgan fingerprint density at radius 3 is 2.52 bits per heavy atom. The molecular formula is C19H20ClFN2O2. The number of rotatable bonds is 7. The Morgan fingerprint density at radius 1 is 1.12 bits per heavy atom. The minimum Gasteiger partial charge on any atom is -0.355 e. The van der Waals surface area contributed by atoms with E-state index in [1.807, 2.05) is 30.3 Å². The molecule has 0 saturated heterocycles. The van der Waals surface area contributed by atoms with Crippen molar-refractivity contribution < 1.29 is 14.0 Å². The van der Waals surface area contributed by atoms with Crippen molar-refractivity contribution in [1.29, 1.82) is 0 Å². The van der Waals surface area contributed by atoms with Crippen LogP contribution in [0.25, 0.3) is 0 Å². The van der Waals surface area contributed by atoms with E-state index in [0.717, 1.165) is 5.56 Å². The summed E-state index contributed by atoms with van der Waals surface area (Å²) < 4.78 is 13.8. The molecule has 0 aromatic heterocycles. The molecule has 2 rings (SSSR count). The van der Waals surface area contributed by atoms with E-state index in [-0.39, 0.29) is 48.3 Å². The average molecular weight is 363 g/mol. The second kappa shape index (κ2) is 9.18. The Kier molecular flexibility index (Phi) is 6.95. The molecule has 4 nitrogen and oxygen atoms in total. The molecule has 0 fully saturated rings. The van der Waals surface area contributed by atoms with E-state index in [1.165, 1.54) is 17.0 Å². The van der Waals surface area contributed by atoms with Crippen LogP contribution in [0, 0.1) is 5.82 Å². The van der Waals surface area contributed by atoms with Crippen LogP contribution in [-0.4, -0.2) is 30.3 Å². The van der Waals surface area contributed by atoms with Crippen molar-refractivity contribution in [3.05, 3.63) is 70.5 Å². The molecular weight excluding hydrogens is 343 g/mol. The standard InChI is InChI=1S/C19H20ClFN2O2/c1-23(13-15-16(20)8-5-9-17(15)21)19(25)10-11-22-18(24)12-14-6-3-2-4-7-14/h2-9H,10-13H2,1H3,(H,22,24). The van der Waals surface area contributed by atoms with Crippen LogP contribution in [0.2, 0.25) is 5.02 Å². The van der Waals surface area contributed by atoms with E-state index in [4.69, 9.17) is 11.6 Å². The third-order valence-electron chi connectivity index (χ3n) is 3.75. The van der Waals surface area contributed by atoms with Crippen LogP contribution in [0.15, 0.2) is 48.5 Å². The predicted molar refractivity (Wildman–Crippen MR) is 95.7 cm³/mol. The van der Waals surface area contributed by atoms with E-state index in [1.54, 1.807) is 13.1 Å². The summed E-state index contributed by atoms with van der Waals surface area (Å²) in [6.45, 7) is 0.322. The highest BCUT2D eigenvalue weighted by atomic mass is 35.5. The van der Waals surface area contributed by atoms with Gasteiger partial charge in [0.05, 0.1) is 6.42 Å². The zero-order chi connectivity index (χ0) is 18.2. The molecule has 0 aliphatic rings. The molecule has 25 heavy (non-hydrogen) atoms. The number of hydrogen-bond donors (Lipinski definition) is 1. The molecule has 1 N–H and O–H groups in total. The smallest absolute Gasteiger partial charge is 0.224 e. The number of carbonyl (C=O) groups excluding carboxylic acids is 2. The van der Waals surface area contributed by atoms with Gasteiger partial charge in [-0.2, -0.15) is 0 Å². The lowest BCUT2D eigenvalue weighted by Gasteiger charge is -2.18. The van der Waals surface area contributed by atoms with Gasteiger partial charge in [0.1, 0.15) is 5.82 Å². The number of carbonyl (C=O) groups is 2. The van der Waals surface area contributed by atoms with Gasteiger partial charge in [-0.15, -0.1) is 0 Å².